The Balaban J connectivity index is 1.13. The maximum Gasteiger partial charge on any atom is 0.208 e. The number of nitrogens with two attached hydrogens (primary N) is 1. The number of nitrogens with one attached hydrogen (secondary N) is 1. The highest BCUT2D eigenvalue weighted by Crippen LogP contribution is 2.39. The summed E-state index contributed by atoms with van der Waals surface area (Å²) in [5.41, 5.74) is 11.4. The van der Waals surface area contributed by atoms with Crippen LogP contribution in [0.1, 0.15) is 31.7 Å². The van der Waals surface area contributed by atoms with Gasteiger partial charge >= 0.3 is 0 Å². The highest BCUT2D eigenvalue weighted by atomic mass is 19.1. The van der Waals surface area contributed by atoms with Gasteiger partial charge in [0.05, 0.1) is 10.9 Å². The molecule has 5 aromatic rings. The van der Waals surface area contributed by atoms with Crippen LogP contribution in [0.4, 0.5) is 21.8 Å². The van der Waals surface area contributed by atoms with Crippen molar-refractivity contribution in [3.8, 4) is 11.1 Å². The number of aromatic nitrogens is 5. The zero-order valence-electron chi connectivity index (χ0n) is 23.6. The van der Waals surface area contributed by atoms with Crippen molar-refractivity contribution in [1.29, 1.82) is 0 Å². The molecular formula is C31H36FN9. The Morgan fingerprint density at radius 3 is 2.37 bits per heavy atom. The first-order chi connectivity index (χ1) is 20.0. The number of halogens is 1. The number of fused-ring (bicyclic) bond motifs is 2. The van der Waals surface area contributed by atoms with E-state index in [2.05, 4.69) is 55.0 Å². The van der Waals surface area contributed by atoms with E-state index in [9.17, 15) is 4.39 Å². The predicted octanol–water partition coefficient (Wildman–Crippen LogP) is 5.18. The van der Waals surface area contributed by atoms with Gasteiger partial charge in [0.1, 0.15) is 23.3 Å². The van der Waals surface area contributed by atoms with Crippen LogP contribution in [0.5, 0.6) is 0 Å². The molecule has 1 aliphatic heterocycles. The average molecular weight is 554 g/mol. The second-order valence-electron chi connectivity index (χ2n) is 11.5. The third kappa shape index (κ3) is 4.70. The number of hydrogen-bond acceptors (Lipinski definition) is 7. The minimum Gasteiger partial charge on any atom is -0.383 e. The molecule has 3 aromatic heterocycles. The molecule has 212 valence electrons. The summed E-state index contributed by atoms with van der Waals surface area (Å²) in [7, 11) is 4.09. The standard InChI is InChI=1S/C31H36FN9/c1-38-14-16-40(17-15-38)22-10-12-23(13-11-22)41-18-24(27-29(33)34-19-35-30(27)41)20-6-8-21(9-7-20)36-31-37-28-25(32)4-3-5-26(28)39(31)2/h3-9,18-19,22-23H,10-17H2,1-2H3,(H,36,37)(H2,33,34,35). The molecule has 1 aliphatic carbocycles. The first-order valence-electron chi connectivity index (χ1n) is 14.5. The van der Waals surface area contributed by atoms with Gasteiger partial charge in [-0.15, -0.1) is 0 Å². The number of imidazole rings is 1. The van der Waals surface area contributed by atoms with Gasteiger partial charge in [-0.05, 0) is 62.6 Å². The van der Waals surface area contributed by atoms with Crippen molar-refractivity contribution < 1.29 is 4.39 Å². The van der Waals surface area contributed by atoms with E-state index in [-0.39, 0.29) is 5.82 Å². The van der Waals surface area contributed by atoms with Gasteiger partial charge in [-0.25, -0.2) is 19.3 Å². The molecule has 0 atom stereocenters. The smallest absolute Gasteiger partial charge is 0.208 e. The van der Waals surface area contributed by atoms with Crippen LogP contribution >= 0.6 is 0 Å². The fourth-order valence-corrected chi connectivity index (χ4v) is 6.65. The number of hydrogen-bond donors (Lipinski definition) is 2. The van der Waals surface area contributed by atoms with E-state index in [1.165, 1.54) is 32.0 Å². The maximum atomic E-state index is 14.2. The lowest BCUT2D eigenvalue weighted by Gasteiger charge is -2.41. The molecule has 0 spiro atoms. The first-order valence-corrected chi connectivity index (χ1v) is 14.5. The normalized spacial score (nSPS) is 20.7. The molecular weight excluding hydrogens is 517 g/mol. The molecule has 2 aliphatic rings. The van der Waals surface area contributed by atoms with Gasteiger partial charge in [-0.3, -0.25) is 4.90 Å². The van der Waals surface area contributed by atoms with Crippen LogP contribution in [0.3, 0.4) is 0 Å². The minimum absolute atomic E-state index is 0.328. The van der Waals surface area contributed by atoms with Crippen LogP contribution in [0.25, 0.3) is 33.2 Å². The van der Waals surface area contributed by atoms with Crippen molar-refractivity contribution in [1.82, 2.24) is 33.9 Å². The zero-order chi connectivity index (χ0) is 28.1. The van der Waals surface area contributed by atoms with E-state index in [4.69, 9.17) is 10.7 Å². The number of nitrogen functional groups attached to an aromatic ring is 1. The monoisotopic (exact) mass is 553 g/mol. The fourth-order valence-electron chi connectivity index (χ4n) is 6.65. The Morgan fingerprint density at radius 1 is 0.902 bits per heavy atom. The van der Waals surface area contributed by atoms with Crippen molar-refractivity contribution in [3.05, 3.63) is 60.8 Å². The number of likely N-dealkylation sites (N-methyl/N-ethyl adjacent to an activating group) is 1. The molecule has 1 saturated carbocycles. The van der Waals surface area contributed by atoms with Gasteiger partial charge in [0.15, 0.2) is 5.82 Å². The molecule has 0 bridgehead atoms. The van der Waals surface area contributed by atoms with E-state index >= 15 is 0 Å². The Morgan fingerprint density at radius 2 is 1.63 bits per heavy atom. The molecule has 1 saturated heterocycles. The summed E-state index contributed by atoms with van der Waals surface area (Å²) < 4.78 is 18.4. The fraction of sp³-hybridized carbons (Fsp3) is 0.387. The van der Waals surface area contributed by atoms with E-state index < -0.39 is 0 Å². The Bertz CT molecular complexity index is 1690. The van der Waals surface area contributed by atoms with Crippen LogP contribution in [0.2, 0.25) is 0 Å². The first kappa shape index (κ1) is 25.9. The highest BCUT2D eigenvalue weighted by Gasteiger charge is 2.30. The van der Waals surface area contributed by atoms with Crippen molar-refractivity contribution in [3.63, 3.8) is 0 Å². The Hall–Kier alpha value is -4.02. The number of rotatable bonds is 5. The van der Waals surface area contributed by atoms with Crippen LogP contribution in [-0.2, 0) is 7.05 Å². The third-order valence-corrected chi connectivity index (χ3v) is 9.07. The van der Waals surface area contributed by atoms with Gasteiger partial charge in [-0.2, -0.15) is 0 Å². The number of aryl methyl sites for hydroxylation is 1. The summed E-state index contributed by atoms with van der Waals surface area (Å²) in [6, 6.07) is 14.2. The van der Waals surface area contributed by atoms with Crippen LogP contribution < -0.4 is 11.1 Å². The van der Waals surface area contributed by atoms with Crippen molar-refractivity contribution in [2.75, 3.05) is 44.3 Å². The third-order valence-electron chi connectivity index (χ3n) is 9.07. The molecule has 0 radical (unpaired) electrons. The number of para-hydroxylation sites is 1. The second-order valence-corrected chi connectivity index (χ2v) is 11.5. The second kappa shape index (κ2) is 10.4. The summed E-state index contributed by atoms with van der Waals surface area (Å²) in [5, 5.41) is 4.23. The summed E-state index contributed by atoms with van der Waals surface area (Å²) in [4.78, 5) is 18.6. The van der Waals surface area contributed by atoms with Crippen molar-refractivity contribution >= 4 is 39.5 Å². The lowest BCUT2D eigenvalue weighted by molar-refractivity contribution is 0.0828. The number of piperazine rings is 1. The molecule has 0 amide bonds. The van der Waals surface area contributed by atoms with Gasteiger partial charge < -0.3 is 25.1 Å². The lowest BCUT2D eigenvalue weighted by Crippen LogP contribution is -2.49. The summed E-state index contributed by atoms with van der Waals surface area (Å²) in [6.07, 6.45) is 8.46. The topological polar surface area (TPSA) is 93.1 Å². The van der Waals surface area contributed by atoms with Gasteiger partial charge in [-0.1, -0.05) is 18.2 Å². The molecule has 10 heteroatoms. The minimum atomic E-state index is -0.328. The average Bonchev–Trinajstić information content (AvgIpc) is 3.54. The van der Waals surface area contributed by atoms with E-state index in [0.717, 1.165) is 59.3 Å². The van der Waals surface area contributed by atoms with Crippen LogP contribution in [0, 0.1) is 5.82 Å². The summed E-state index contributed by atoms with van der Waals surface area (Å²) >= 11 is 0. The SMILES string of the molecule is CN1CCN(C2CCC(n3cc(-c4ccc(Nc5nc6c(F)cccc6n5C)cc4)c4c(N)ncnc43)CC2)CC1. The number of benzene rings is 2. The molecule has 3 N–H and O–H groups in total. The van der Waals surface area contributed by atoms with Crippen molar-refractivity contribution in [2.45, 2.75) is 37.8 Å². The summed E-state index contributed by atoms with van der Waals surface area (Å²) in [6.45, 7) is 4.66. The summed E-state index contributed by atoms with van der Waals surface area (Å²) in [5.74, 6) is 0.753. The highest BCUT2D eigenvalue weighted by molar-refractivity contribution is 6.00. The molecule has 9 nitrogen and oxygen atoms in total. The molecule has 7 rings (SSSR count). The predicted molar refractivity (Wildman–Crippen MR) is 162 cm³/mol. The molecule has 2 fully saturated rings. The molecule has 4 heterocycles. The number of nitrogens with zero attached hydrogens (tertiary/aromatic N) is 7. The van der Waals surface area contributed by atoms with Crippen LogP contribution in [0.15, 0.2) is 55.0 Å². The quantitative estimate of drug-likeness (QED) is 0.310. The maximum absolute atomic E-state index is 14.2. The molecule has 2 aromatic carbocycles. The lowest BCUT2D eigenvalue weighted by atomic mass is 9.89. The Kier molecular flexibility index (Phi) is 6.59. The van der Waals surface area contributed by atoms with Crippen molar-refractivity contribution in [2.24, 2.45) is 7.05 Å². The largest absolute Gasteiger partial charge is 0.383 e. The van der Waals surface area contributed by atoms with Gasteiger partial charge in [0, 0.05) is 62.8 Å². The van der Waals surface area contributed by atoms with E-state index in [1.807, 2.05) is 29.8 Å². The number of anilines is 3. The van der Waals surface area contributed by atoms with E-state index in [0.29, 0.717) is 29.4 Å². The zero-order valence-corrected chi connectivity index (χ0v) is 23.6. The van der Waals surface area contributed by atoms with Gasteiger partial charge in [0.25, 0.3) is 0 Å². The van der Waals surface area contributed by atoms with Gasteiger partial charge in [0.2, 0.25) is 5.95 Å². The molecule has 0 unspecified atom stereocenters. The van der Waals surface area contributed by atoms with Crippen LogP contribution in [-0.4, -0.2) is 73.2 Å². The Labute approximate surface area is 238 Å². The molecule has 41 heavy (non-hydrogen) atoms. The van der Waals surface area contributed by atoms with E-state index in [1.54, 1.807) is 12.4 Å².